The summed E-state index contributed by atoms with van der Waals surface area (Å²) in [5.74, 6) is -2.59. The van der Waals surface area contributed by atoms with Gasteiger partial charge in [-0.05, 0) is 30.7 Å². The molecule has 0 heterocycles. The molecule has 7 nitrogen and oxygen atoms in total. The topological polar surface area (TPSA) is 119 Å². The number of carbonyl (C=O) groups is 1. The second-order valence-corrected chi connectivity index (χ2v) is 7.34. The lowest BCUT2D eigenvalue weighted by Gasteiger charge is -2.16. The van der Waals surface area contributed by atoms with Gasteiger partial charge in [-0.25, -0.2) is 4.79 Å². The van der Waals surface area contributed by atoms with Gasteiger partial charge >= 0.3 is 12.3 Å². The molecule has 0 spiro atoms. The lowest BCUT2D eigenvalue weighted by Crippen LogP contribution is -2.18. The Kier molecular flexibility index (Phi) is 7.07. The molecule has 0 amide bonds. The Hall–Kier alpha value is -1.77. The van der Waals surface area contributed by atoms with Gasteiger partial charge < -0.3 is 25.2 Å². The zero-order valence-corrected chi connectivity index (χ0v) is 13.3. The number of hydrogen-bond donors (Lipinski definition) is 3. The van der Waals surface area contributed by atoms with Crippen LogP contribution in [-0.2, 0) is 15.5 Å². The molecule has 136 valence electrons. The molecule has 0 aliphatic rings. The van der Waals surface area contributed by atoms with Gasteiger partial charge in [0.1, 0.15) is 0 Å². The third-order valence-electron chi connectivity index (χ3n) is 2.73. The van der Waals surface area contributed by atoms with Gasteiger partial charge in [0.05, 0.1) is 0 Å². The third kappa shape index (κ3) is 7.67. The minimum Gasteiger partial charge on any atom is -0.479 e. The Morgan fingerprint density at radius 3 is 2.50 bits per heavy atom. The first kappa shape index (κ1) is 20.3. The molecule has 11 heteroatoms. The highest BCUT2D eigenvalue weighted by molar-refractivity contribution is 7.57. The first-order valence-electron chi connectivity index (χ1n) is 6.76. The minimum absolute atomic E-state index is 0.0593. The molecule has 24 heavy (non-hydrogen) atoms. The molecule has 1 rings (SSSR count). The number of carboxylic acids is 1. The number of carboxylic acid groups (broad SMARTS) is 1. The third-order valence-corrected chi connectivity index (χ3v) is 4.60. The van der Waals surface area contributed by atoms with E-state index < -0.39 is 37.8 Å². The van der Waals surface area contributed by atoms with Gasteiger partial charge in [-0.1, -0.05) is 6.07 Å². The molecule has 4 N–H and O–H groups in total. The summed E-state index contributed by atoms with van der Waals surface area (Å²) in [5.41, 5.74) is 5.38. The summed E-state index contributed by atoms with van der Waals surface area (Å²) < 4.78 is 57.8. The van der Waals surface area contributed by atoms with Crippen molar-refractivity contribution < 1.29 is 42.0 Å². The van der Waals surface area contributed by atoms with Gasteiger partial charge in [0.15, 0.2) is 18.1 Å². The molecule has 0 radical (unpaired) electrons. The Morgan fingerprint density at radius 2 is 1.96 bits per heavy atom. The van der Waals surface area contributed by atoms with Gasteiger partial charge in [-0.2, -0.15) is 0 Å². The smallest absolute Gasteiger partial charge is 0.479 e. The quantitative estimate of drug-likeness (QED) is 0.569. The normalized spacial score (nSPS) is 14.0. The van der Waals surface area contributed by atoms with Crippen molar-refractivity contribution in [1.82, 2.24) is 0 Å². The minimum atomic E-state index is -5.03. The predicted octanol–water partition coefficient (Wildman–Crippen LogP) is 2.17. The predicted molar refractivity (Wildman–Crippen MR) is 78.3 cm³/mol. The molecule has 1 aromatic rings. The first-order valence-corrected chi connectivity index (χ1v) is 8.79. The van der Waals surface area contributed by atoms with E-state index in [0.29, 0.717) is 6.42 Å². The molecular formula is C13H17F3NO6P. The fraction of sp³-hybridized carbons (Fsp3) is 0.462. The second kappa shape index (κ2) is 8.36. The van der Waals surface area contributed by atoms with Crippen LogP contribution in [0, 0.1) is 0 Å². The number of hydrogen-bond acceptors (Lipinski definition) is 5. The summed E-state index contributed by atoms with van der Waals surface area (Å²) >= 11 is 0. The van der Waals surface area contributed by atoms with Crippen molar-refractivity contribution in [3.63, 3.8) is 0 Å². The van der Waals surface area contributed by atoms with Crippen molar-refractivity contribution >= 4 is 13.3 Å². The van der Waals surface area contributed by atoms with Crippen LogP contribution < -0.4 is 15.2 Å². The number of aliphatic carboxylic acids is 1. The van der Waals surface area contributed by atoms with E-state index in [1.54, 1.807) is 0 Å². The molecule has 1 unspecified atom stereocenters. The van der Waals surface area contributed by atoms with Crippen LogP contribution in [0.2, 0.25) is 0 Å². The Bertz CT molecular complexity index is 622. The van der Waals surface area contributed by atoms with Crippen molar-refractivity contribution in [2.24, 2.45) is 5.73 Å². The lowest BCUT2D eigenvalue weighted by atomic mass is 10.2. The molecule has 0 aromatic heterocycles. The van der Waals surface area contributed by atoms with E-state index in [-0.39, 0.29) is 24.4 Å². The van der Waals surface area contributed by atoms with E-state index in [1.807, 2.05) is 0 Å². The number of ether oxygens (including phenoxy) is 2. The Morgan fingerprint density at radius 1 is 1.29 bits per heavy atom. The largest absolute Gasteiger partial charge is 0.573 e. The van der Waals surface area contributed by atoms with Gasteiger partial charge in [0.2, 0.25) is 7.37 Å². The standard InChI is InChI=1S/C13H17F3NO6P/c14-13(15,16)23-11-6-9(8-24(20,21)5-1-4-17)2-3-10(11)22-7-12(18)19/h2-3,6H,1,4-5,7-8,17H2,(H,18,19)(H,20,21). The van der Waals surface area contributed by atoms with E-state index in [9.17, 15) is 27.4 Å². The van der Waals surface area contributed by atoms with Gasteiger partial charge in [0.25, 0.3) is 0 Å². The van der Waals surface area contributed by atoms with Crippen molar-refractivity contribution in [2.45, 2.75) is 18.9 Å². The van der Waals surface area contributed by atoms with Crippen LogP contribution >= 0.6 is 7.37 Å². The molecule has 1 atom stereocenters. The molecule has 1 aromatic carbocycles. The van der Waals surface area contributed by atoms with E-state index in [2.05, 4.69) is 4.74 Å². The van der Waals surface area contributed by atoms with Crippen molar-refractivity contribution in [1.29, 1.82) is 0 Å². The SMILES string of the molecule is NCCCP(=O)(O)Cc1ccc(OCC(=O)O)c(OC(F)(F)F)c1. The maximum absolute atomic E-state index is 12.4. The average molecular weight is 371 g/mol. The van der Waals surface area contributed by atoms with E-state index in [0.717, 1.165) is 12.1 Å². The Labute approximate surface area is 135 Å². The second-order valence-electron chi connectivity index (χ2n) is 4.88. The van der Waals surface area contributed by atoms with E-state index in [1.165, 1.54) is 6.07 Å². The molecule has 0 saturated carbocycles. The zero-order chi connectivity index (χ0) is 18.4. The summed E-state index contributed by atoms with van der Waals surface area (Å²) in [4.78, 5) is 20.3. The number of halogens is 3. The monoisotopic (exact) mass is 371 g/mol. The summed E-state index contributed by atoms with van der Waals surface area (Å²) in [7, 11) is -3.60. The number of nitrogens with two attached hydrogens (primary N) is 1. The molecular weight excluding hydrogens is 354 g/mol. The summed E-state index contributed by atoms with van der Waals surface area (Å²) in [6, 6.07) is 3.23. The average Bonchev–Trinajstić information content (AvgIpc) is 2.42. The number of rotatable bonds is 9. The summed E-state index contributed by atoms with van der Waals surface area (Å²) in [6.45, 7) is -0.641. The molecule has 0 bridgehead atoms. The van der Waals surface area contributed by atoms with Crippen LogP contribution in [0.3, 0.4) is 0 Å². The maximum Gasteiger partial charge on any atom is 0.573 e. The van der Waals surface area contributed by atoms with Crippen LogP contribution in [0.25, 0.3) is 0 Å². The number of alkyl halides is 3. The zero-order valence-electron chi connectivity index (χ0n) is 12.5. The van der Waals surface area contributed by atoms with E-state index in [4.69, 9.17) is 15.6 Å². The van der Waals surface area contributed by atoms with E-state index >= 15 is 0 Å². The van der Waals surface area contributed by atoms with Crippen LogP contribution in [-0.4, -0.2) is 41.6 Å². The summed E-state index contributed by atoms with van der Waals surface area (Å²) in [6.07, 6.45) is -5.14. The maximum atomic E-state index is 12.4. The first-order chi connectivity index (χ1) is 11.0. The highest BCUT2D eigenvalue weighted by Crippen LogP contribution is 2.46. The van der Waals surface area contributed by atoms with Crippen molar-refractivity contribution in [3.05, 3.63) is 23.8 Å². The van der Waals surface area contributed by atoms with Crippen LogP contribution in [0.1, 0.15) is 12.0 Å². The van der Waals surface area contributed by atoms with Crippen LogP contribution in [0.15, 0.2) is 18.2 Å². The Balaban J connectivity index is 3.01. The fourth-order valence-electron chi connectivity index (χ4n) is 1.82. The van der Waals surface area contributed by atoms with Crippen molar-refractivity contribution in [2.75, 3.05) is 19.3 Å². The fourth-order valence-corrected chi connectivity index (χ4v) is 3.42. The molecule has 0 saturated heterocycles. The van der Waals surface area contributed by atoms with Gasteiger partial charge in [-0.3, -0.25) is 4.57 Å². The van der Waals surface area contributed by atoms with Crippen LogP contribution in [0.4, 0.5) is 13.2 Å². The molecule has 0 aliphatic carbocycles. The van der Waals surface area contributed by atoms with Crippen LogP contribution in [0.5, 0.6) is 11.5 Å². The molecule has 0 aliphatic heterocycles. The highest BCUT2D eigenvalue weighted by Gasteiger charge is 2.33. The number of benzene rings is 1. The lowest BCUT2D eigenvalue weighted by molar-refractivity contribution is -0.275. The van der Waals surface area contributed by atoms with Gasteiger partial charge in [0, 0.05) is 12.3 Å². The van der Waals surface area contributed by atoms with Gasteiger partial charge in [-0.15, -0.1) is 13.2 Å². The summed E-state index contributed by atoms with van der Waals surface area (Å²) in [5, 5.41) is 8.52. The molecule has 0 fully saturated rings. The van der Waals surface area contributed by atoms with Crippen molar-refractivity contribution in [3.8, 4) is 11.5 Å². The highest BCUT2D eigenvalue weighted by atomic mass is 31.2.